The van der Waals surface area contributed by atoms with Gasteiger partial charge >= 0.3 is 5.51 Å². The van der Waals surface area contributed by atoms with Crippen LogP contribution < -0.4 is 5.84 Å². The zero-order chi connectivity index (χ0) is 20.0. The van der Waals surface area contributed by atoms with E-state index < -0.39 is 31.0 Å². The third kappa shape index (κ3) is 3.39. The van der Waals surface area contributed by atoms with Gasteiger partial charge in [0.15, 0.2) is 5.82 Å². The molecule has 13 heteroatoms. The summed E-state index contributed by atoms with van der Waals surface area (Å²) in [5.74, 6) is 5.37. The summed E-state index contributed by atoms with van der Waals surface area (Å²) in [5, 5.41) is 7.49. The molecule has 0 aliphatic carbocycles. The number of aromatic nitrogens is 3. The molecule has 0 saturated heterocycles. The van der Waals surface area contributed by atoms with Gasteiger partial charge in [0.05, 0.1) is 16.7 Å². The lowest BCUT2D eigenvalue weighted by atomic mass is 10.2. The Kier molecular flexibility index (Phi) is 4.67. The number of benzene rings is 1. The molecule has 0 unspecified atom stereocenters. The average molecular weight is 422 g/mol. The fraction of sp³-hybridized carbons (Fsp3) is 0.143. The van der Waals surface area contributed by atoms with Gasteiger partial charge in [-0.2, -0.15) is 13.2 Å². The summed E-state index contributed by atoms with van der Waals surface area (Å²) < 4.78 is 81.7. The Morgan fingerprint density at radius 2 is 1.93 bits per heavy atom. The first-order valence-electron chi connectivity index (χ1n) is 7.06. The minimum atomic E-state index is -5.78. The van der Waals surface area contributed by atoms with Gasteiger partial charge in [0.1, 0.15) is 11.6 Å². The number of nitrogens with two attached hydrogens (primary N) is 1. The van der Waals surface area contributed by atoms with E-state index in [1.165, 1.54) is 6.26 Å². The maximum absolute atomic E-state index is 13.4. The summed E-state index contributed by atoms with van der Waals surface area (Å²) in [5.41, 5.74) is -5.09. The molecular formula is C14H10F4N4O3S2. The molecule has 0 atom stereocenters. The molecular weight excluding hydrogens is 412 g/mol. The molecule has 0 amide bonds. The number of hydrogen-bond donors (Lipinski definition) is 1. The molecule has 2 aromatic heterocycles. The summed E-state index contributed by atoms with van der Waals surface area (Å²) in [6.07, 6.45) is 1.39. The van der Waals surface area contributed by atoms with E-state index in [4.69, 9.17) is 10.3 Å². The second-order valence-electron chi connectivity index (χ2n) is 5.21. The van der Waals surface area contributed by atoms with Gasteiger partial charge in [0.2, 0.25) is 5.16 Å². The van der Waals surface area contributed by atoms with E-state index >= 15 is 0 Å². The summed E-state index contributed by atoms with van der Waals surface area (Å²) >= 11 is 0.504. The minimum Gasteiger partial charge on any atom is -0.469 e. The van der Waals surface area contributed by atoms with Gasteiger partial charge in [0.25, 0.3) is 9.84 Å². The van der Waals surface area contributed by atoms with Crippen LogP contribution >= 0.6 is 11.8 Å². The molecule has 2 heterocycles. The van der Waals surface area contributed by atoms with Crippen molar-refractivity contribution in [1.82, 2.24) is 14.9 Å². The van der Waals surface area contributed by atoms with Crippen LogP contribution in [0.2, 0.25) is 0 Å². The predicted octanol–water partition coefficient (Wildman–Crippen LogP) is 3.14. The summed E-state index contributed by atoms with van der Waals surface area (Å²) in [7, 11) is -5.78. The summed E-state index contributed by atoms with van der Waals surface area (Å²) in [6, 6.07) is 3.59. The number of sulfone groups is 1. The van der Waals surface area contributed by atoms with E-state index in [-0.39, 0.29) is 11.0 Å². The molecule has 0 saturated carbocycles. The lowest BCUT2D eigenvalue weighted by Gasteiger charge is -2.12. The first kappa shape index (κ1) is 19.2. The number of rotatable bonds is 4. The highest BCUT2D eigenvalue weighted by Gasteiger charge is 2.48. The summed E-state index contributed by atoms with van der Waals surface area (Å²) in [4.78, 5) is -1.63. The van der Waals surface area contributed by atoms with Crippen molar-refractivity contribution in [3.8, 4) is 11.4 Å². The minimum absolute atomic E-state index is 0.101. The number of nitrogens with zero attached hydrogens (tertiary/aromatic N) is 3. The second-order valence-corrected chi connectivity index (χ2v) is 8.13. The van der Waals surface area contributed by atoms with E-state index in [9.17, 15) is 26.0 Å². The molecule has 0 bridgehead atoms. The van der Waals surface area contributed by atoms with Crippen molar-refractivity contribution in [3.05, 3.63) is 42.1 Å². The van der Waals surface area contributed by atoms with Crippen molar-refractivity contribution < 1.29 is 30.4 Å². The van der Waals surface area contributed by atoms with Crippen LogP contribution in [0.1, 0.15) is 5.76 Å². The number of halogens is 4. The number of furan rings is 1. The van der Waals surface area contributed by atoms with Gasteiger partial charge in [-0.15, -0.1) is 10.2 Å². The first-order chi connectivity index (χ1) is 12.5. The predicted molar refractivity (Wildman–Crippen MR) is 86.4 cm³/mol. The van der Waals surface area contributed by atoms with Crippen molar-refractivity contribution in [3.63, 3.8) is 0 Å². The molecule has 144 valence electrons. The smallest absolute Gasteiger partial charge is 0.469 e. The molecule has 27 heavy (non-hydrogen) atoms. The quantitative estimate of drug-likeness (QED) is 0.509. The Morgan fingerprint density at radius 1 is 1.22 bits per heavy atom. The second kappa shape index (κ2) is 6.56. The van der Waals surface area contributed by atoms with E-state index in [1.807, 2.05) is 0 Å². The molecule has 2 N–H and O–H groups in total. The highest BCUT2D eigenvalue weighted by atomic mass is 32.2. The maximum Gasteiger partial charge on any atom is 0.501 e. The number of hydrogen-bond acceptors (Lipinski definition) is 7. The first-order valence-corrected chi connectivity index (χ1v) is 9.36. The molecule has 3 rings (SSSR count). The highest BCUT2D eigenvalue weighted by Crippen LogP contribution is 2.39. The van der Waals surface area contributed by atoms with Crippen molar-refractivity contribution in [2.24, 2.45) is 0 Å². The van der Waals surface area contributed by atoms with E-state index in [1.54, 1.807) is 13.0 Å². The zero-order valence-corrected chi connectivity index (χ0v) is 15.0. The number of alkyl halides is 3. The fourth-order valence-corrected chi connectivity index (χ4v) is 4.21. The molecule has 0 fully saturated rings. The largest absolute Gasteiger partial charge is 0.501 e. The lowest BCUT2D eigenvalue weighted by molar-refractivity contribution is -0.0437. The monoisotopic (exact) mass is 422 g/mol. The van der Waals surface area contributed by atoms with E-state index in [0.29, 0.717) is 29.2 Å². The van der Waals surface area contributed by atoms with Crippen LogP contribution in [0.5, 0.6) is 0 Å². The van der Waals surface area contributed by atoms with Gasteiger partial charge in [-0.25, -0.2) is 17.5 Å². The summed E-state index contributed by atoms with van der Waals surface area (Å²) in [6.45, 7) is 1.64. The lowest BCUT2D eigenvalue weighted by Crippen LogP contribution is -2.24. The Hall–Kier alpha value is -2.54. The van der Waals surface area contributed by atoms with Gasteiger partial charge in [-0.05, 0) is 43.0 Å². The van der Waals surface area contributed by atoms with Gasteiger partial charge in [-0.3, -0.25) is 0 Å². The third-order valence-electron chi connectivity index (χ3n) is 3.47. The molecule has 0 radical (unpaired) electrons. The molecule has 0 spiro atoms. The molecule has 3 aromatic rings. The Morgan fingerprint density at radius 3 is 2.52 bits per heavy atom. The van der Waals surface area contributed by atoms with Crippen LogP contribution in [-0.2, 0) is 9.84 Å². The topological polar surface area (TPSA) is 104 Å². The van der Waals surface area contributed by atoms with Crippen molar-refractivity contribution >= 4 is 21.6 Å². The van der Waals surface area contributed by atoms with Crippen LogP contribution in [0.3, 0.4) is 0 Å². The standard InChI is InChI=1S/C14H10F4N4O3S2/c1-7-9(4-5-25-7)12-20-21-13(22(12)19)26-10-3-2-8(15)6-11(10)27(23,24)14(16,17)18/h2-6H,19H2,1H3. The van der Waals surface area contributed by atoms with Crippen molar-refractivity contribution in [2.75, 3.05) is 5.84 Å². The van der Waals surface area contributed by atoms with E-state index in [0.717, 1.165) is 16.8 Å². The highest BCUT2D eigenvalue weighted by molar-refractivity contribution is 8.00. The van der Waals surface area contributed by atoms with Gasteiger partial charge in [-0.1, -0.05) is 0 Å². The zero-order valence-electron chi connectivity index (χ0n) is 13.4. The Balaban J connectivity index is 2.06. The molecule has 0 aliphatic rings. The molecule has 0 aliphatic heterocycles. The van der Waals surface area contributed by atoms with Crippen molar-refractivity contribution in [1.29, 1.82) is 0 Å². The van der Waals surface area contributed by atoms with Crippen LogP contribution in [0.4, 0.5) is 17.6 Å². The van der Waals surface area contributed by atoms with Crippen LogP contribution in [0.25, 0.3) is 11.4 Å². The normalized spacial score (nSPS) is 12.5. The molecule has 7 nitrogen and oxygen atoms in total. The van der Waals surface area contributed by atoms with Crippen LogP contribution in [0.15, 0.2) is 49.9 Å². The van der Waals surface area contributed by atoms with Gasteiger partial charge < -0.3 is 10.3 Å². The molecule has 1 aromatic carbocycles. The van der Waals surface area contributed by atoms with E-state index in [2.05, 4.69) is 10.2 Å². The third-order valence-corrected chi connectivity index (χ3v) is 6.16. The number of nitrogen functional groups attached to an aromatic ring is 1. The SMILES string of the molecule is Cc1occc1-c1nnc(Sc2ccc(F)cc2S(=O)(=O)C(F)(F)F)n1N. The Labute approximate surface area is 154 Å². The van der Waals surface area contributed by atoms with Crippen LogP contribution in [-0.4, -0.2) is 28.8 Å². The van der Waals surface area contributed by atoms with Crippen LogP contribution in [0, 0.1) is 12.7 Å². The average Bonchev–Trinajstić information content (AvgIpc) is 3.14. The maximum atomic E-state index is 13.4. The Bertz CT molecular complexity index is 1110. The number of aryl methyl sites for hydroxylation is 1. The van der Waals surface area contributed by atoms with Crippen molar-refractivity contribution in [2.45, 2.75) is 27.4 Å². The van der Waals surface area contributed by atoms with Gasteiger partial charge in [0, 0.05) is 4.90 Å². The fourth-order valence-electron chi connectivity index (χ4n) is 2.15.